The van der Waals surface area contributed by atoms with Gasteiger partial charge < -0.3 is 15.4 Å². The van der Waals surface area contributed by atoms with Gasteiger partial charge in [-0.25, -0.2) is 0 Å². The van der Waals surface area contributed by atoms with Crippen LogP contribution in [0.3, 0.4) is 0 Å². The SMILES string of the molecule is Cc1c(Cl)cccc1NCC(=O)NCC1CCCO1. The maximum absolute atomic E-state index is 11.7. The fraction of sp³-hybridized carbons (Fsp3) is 0.500. The molecule has 1 atom stereocenters. The van der Waals surface area contributed by atoms with Gasteiger partial charge in [0.1, 0.15) is 0 Å². The third kappa shape index (κ3) is 4.11. The third-order valence-electron chi connectivity index (χ3n) is 3.26. The van der Waals surface area contributed by atoms with Crippen molar-refractivity contribution >= 4 is 23.2 Å². The zero-order chi connectivity index (χ0) is 13.7. The van der Waals surface area contributed by atoms with Crippen molar-refractivity contribution in [1.82, 2.24) is 5.32 Å². The molecule has 0 radical (unpaired) electrons. The molecule has 0 saturated carbocycles. The second-order valence-electron chi connectivity index (χ2n) is 4.71. The minimum absolute atomic E-state index is 0.0325. The summed E-state index contributed by atoms with van der Waals surface area (Å²) in [4.78, 5) is 11.7. The number of amides is 1. The van der Waals surface area contributed by atoms with E-state index in [1.165, 1.54) is 0 Å². The first-order chi connectivity index (χ1) is 9.16. The van der Waals surface area contributed by atoms with Crippen LogP contribution >= 0.6 is 11.6 Å². The fourth-order valence-corrected chi connectivity index (χ4v) is 2.24. The molecule has 0 bridgehead atoms. The summed E-state index contributed by atoms with van der Waals surface area (Å²) in [5, 5.41) is 6.66. The third-order valence-corrected chi connectivity index (χ3v) is 3.67. The number of benzene rings is 1. The molecule has 4 nitrogen and oxygen atoms in total. The van der Waals surface area contributed by atoms with E-state index < -0.39 is 0 Å². The molecule has 2 N–H and O–H groups in total. The van der Waals surface area contributed by atoms with Crippen molar-refractivity contribution in [2.75, 3.05) is 25.0 Å². The summed E-state index contributed by atoms with van der Waals surface area (Å²) in [6.45, 7) is 3.57. The van der Waals surface area contributed by atoms with Gasteiger partial charge >= 0.3 is 0 Å². The molecule has 1 saturated heterocycles. The number of nitrogens with one attached hydrogen (secondary N) is 2. The Kier molecular flexibility index (Phi) is 5.05. The Morgan fingerprint density at radius 1 is 1.53 bits per heavy atom. The molecule has 1 aromatic carbocycles. The molecule has 1 aliphatic rings. The summed E-state index contributed by atoms with van der Waals surface area (Å²) in [6, 6.07) is 5.61. The Morgan fingerprint density at radius 3 is 3.11 bits per heavy atom. The number of ether oxygens (including phenoxy) is 1. The zero-order valence-electron chi connectivity index (χ0n) is 11.0. The molecule has 1 unspecified atom stereocenters. The normalized spacial score (nSPS) is 18.3. The lowest BCUT2D eigenvalue weighted by Gasteiger charge is -2.13. The second-order valence-corrected chi connectivity index (χ2v) is 5.11. The standard InChI is InChI=1S/C14H19ClN2O2/c1-10-12(15)5-2-6-13(10)16-9-14(18)17-8-11-4-3-7-19-11/h2,5-6,11,16H,3-4,7-9H2,1H3,(H,17,18). The first-order valence-corrected chi connectivity index (χ1v) is 6.92. The summed E-state index contributed by atoms with van der Waals surface area (Å²) in [6.07, 6.45) is 2.29. The zero-order valence-corrected chi connectivity index (χ0v) is 11.8. The lowest BCUT2D eigenvalue weighted by molar-refractivity contribution is -0.119. The minimum atomic E-state index is -0.0325. The predicted molar refractivity (Wildman–Crippen MR) is 76.7 cm³/mol. The van der Waals surface area contributed by atoms with Gasteiger partial charge in [-0.15, -0.1) is 0 Å². The lowest BCUT2D eigenvalue weighted by atomic mass is 10.2. The summed E-state index contributed by atoms with van der Waals surface area (Å²) in [5.41, 5.74) is 1.84. The maximum Gasteiger partial charge on any atom is 0.239 e. The number of hydrogen-bond donors (Lipinski definition) is 2. The van der Waals surface area contributed by atoms with Gasteiger partial charge in [0.25, 0.3) is 0 Å². The fourth-order valence-electron chi connectivity index (χ4n) is 2.07. The van der Waals surface area contributed by atoms with Crippen LogP contribution in [0.5, 0.6) is 0 Å². The van der Waals surface area contributed by atoms with Crippen LogP contribution in [0, 0.1) is 6.92 Å². The molecule has 1 aromatic rings. The molecule has 2 rings (SSSR count). The van der Waals surface area contributed by atoms with Crippen LogP contribution in [-0.2, 0) is 9.53 Å². The van der Waals surface area contributed by atoms with E-state index in [0.717, 1.165) is 30.7 Å². The van der Waals surface area contributed by atoms with Gasteiger partial charge in [-0.3, -0.25) is 4.79 Å². The predicted octanol–water partition coefficient (Wildman–Crippen LogP) is 2.36. The number of halogens is 1. The first kappa shape index (κ1) is 14.2. The molecular weight excluding hydrogens is 264 g/mol. The molecule has 0 spiro atoms. The van der Waals surface area contributed by atoms with Gasteiger partial charge in [0, 0.05) is 23.9 Å². The average Bonchev–Trinajstić information content (AvgIpc) is 2.91. The summed E-state index contributed by atoms with van der Waals surface area (Å²) in [7, 11) is 0. The van der Waals surface area contributed by atoms with Crippen LogP contribution in [0.4, 0.5) is 5.69 Å². The van der Waals surface area contributed by atoms with E-state index in [1.54, 1.807) is 0 Å². The van der Waals surface area contributed by atoms with Crippen molar-refractivity contribution in [2.24, 2.45) is 0 Å². The summed E-state index contributed by atoms with van der Waals surface area (Å²) < 4.78 is 5.45. The van der Waals surface area contributed by atoms with Gasteiger partial charge in [0.15, 0.2) is 0 Å². The highest BCUT2D eigenvalue weighted by molar-refractivity contribution is 6.31. The van der Waals surface area contributed by atoms with Crippen LogP contribution in [0.15, 0.2) is 18.2 Å². The number of carbonyl (C=O) groups is 1. The van der Waals surface area contributed by atoms with Gasteiger partial charge in [0.2, 0.25) is 5.91 Å². The van der Waals surface area contributed by atoms with Gasteiger partial charge in [-0.1, -0.05) is 17.7 Å². The Morgan fingerprint density at radius 2 is 2.37 bits per heavy atom. The Balaban J connectivity index is 1.75. The molecule has 1 aliphatic heterocycles. The quantitative estimate of drug-likeness (QED) is 0.872. The highest BCUT2D eigenvalue weighted by atomic mass is 35.5. The molecule has 1 heterocycles. The van der Waals surface area contributed by atoms with E-state index in [4.69, 9.17) is 16.3 Å². The molecule has 1 fully saturated rings. The van der Waals surface area contributed by atoms with E-state index in [1.807, 2.05) is 25.1 Å². The van der Waals surface area contributed by atoms with Crippen LogP contribution in [0.2, 0.25) is 5.02 Å². The summed E-state index contributed by atoms with van der Waals surface area (Å²) in [5.74, 6) is -0.0325. The van der Waals surface area contributed by atoms with Crippen molar-refractivity contribution in [3.8, 4) is 0 Å². The maximum atomic E-state index is 11.7. The summed E-state index contributed by atoms with van der Waals surface area (Å²) >= 11 is 6.02. The van der Waals surface area contributed by atoms with Crippen molar-refractivity contribution in [3.05, 3.63) is 28.8 Å². The molecular formula is C14H19ClN2O2. The molecule has 1 amide bonds. The highest BCUT2D eigenvalue weighted by Gasteiger charge is 2.16. The van der Waals surface area contributed by atoms with Crippen molar-refractivity contribution in [2.45, 2.75) is 25.9 Å². The molecule has 0 aromatic heterocycles. The highest BCUT2D eigenvalue weighted by Crippen LogP contribution is 2.22. The van der Waals surface area contributed by atoms with Gasteiger partial charge in [-0.05, 0) is 37.5 Å². The molecule has 104 valence electrons. The van der Waals surface area contributed by atoms with Crippen molar-refractivity contribution in [1.29, 1.82) is 0 Å². The van der Waals surface area contributed by atoms with Gasteiger partial charge in [-0.2, -0.15) is 0 Å². The second kappa shape index (κ2) is 6.78. The lowest BCUT2D eigenvalue weighted by Crippen LogP contribution is -2.35. The van der Waals surface area contributed by atoms with Crippen LogP contribution in [-0.4, -0.2) is 31.7 Å². The molecule has 19 heavy (non-hydrogen) atoms. The molecule has 5 heteroatoms. The number of carbonyl (C=O) groups excluding carboxylic acids is 1. The van der Waals surface area contributed by atoms with Crippen molar-refractivity contribution < 1.29 is 9.53 Å². The Hall–Kier alpha value is -1.26. The van der Waals surface area contributed by atoms with Crippen LogP contribution in [0.25, 0.3) is 0 Å². The van der Waals surface area contributed by atoms with Crippen LogP contribution < -0.4 is 10.6 Å². The largest absolute Gasteiger partial charge is 0.376 e. The first-order valence-electron chi connectivity index (χ1n) is 6.54. The Labute approximate surface area is 118 Å². The number of hydrogen-bond acceptors (Lipinski definition) is 3. The van der Waals surface area contributed by atoms with E-state index >= 15 is 0 Å². The topological polar surface area (TPSA) is 50.4 Å². The number of rotatable bonds is 5. The smallest absolute Gasteiger partial charge is 0.239 e. The van der Waals surface area contributed by atoms with Crippen LogP contribution in [0.1, 0.15) is 18.4 Å². The van der Waals surface area contributed by atoms with Crippen molar-refractivity contribution in [3.63, 3.8) is 0 Å². The monoisotopic (exact) mass is 282 g/mol. The van der Waals surface area contributed by atoms with E-state index in [0.29, 0.717) is 11.6 Å². The Bertz CT molecular complexity index is 445. The minimum Gasteiger partial charge on any atom is -0.376 e. The van der Waals surface area contributed by atoms with Gasteiger partial charge in [0.05, 0.1) is 12.6 Å². The van der Waals surface area contributed by atoms with E-state index in [9.17, 15) is 4.79 Å². The number of anilines is 1. The van der Waals surface area contributed by atoms with E-state index in [2.05, 4.69) is 10.6 Å². The van der Waals surface area contributed by atoms with E-state index in [-0.39, 0.29) is 18.6 Å². The molecule has 0 aliphatic carbocycles. The average molecular weight is 283 g/mol.